The summed E-state index contributed by atoms with van der Waals surface area (Å²) in [5.74, 6) is 0. The second-order valence-corrected chi connectivity index (χ2v) is 16.2. The average Bonchev–Trinajstić information content (AvgIpc) is 3.55. The molecule has 32 heavy (non-hydrogen) atoms. The number of benzene rings is 2. The largest absolute Gasteiger partial charge is 1.00 e. The Hall–Kier alpha value is -1.05. The van der Waals surface area contributed by atoms with Crippen molar-refractivity contribution in [3.05, 3.63) is 97.5 Å². The van der Waals surface area contributed by atoms with Crippen LogP contribution >= 0.6 is 11.3 Å². The molecule has 0 atom stereocenters. The summed E-state index contributed by atoms with van der Waals surface area (Å²) < 4.78 is 4.49. The van der Waals surface area contributed by atoms with Crippen LogP contribution in [0.1, 0.15) is 58.8 Å². The van der Waals surface area contributed by atoms with Crippen LogP contribution in [-0.2, 0) is 21.3 Å². The van der Waals surface area contributed by atoms with Crippen LogP contribution in [0.2, 0.25) is 0 Å². The zero-order valence-corrected chi connectivity index (χ0v) is 22.8. The summed E-state index contributed by atoms with van der Waals surface area (Å²) in [5.41, 5.74) is 9.27. The molecule has 0 bridgehead atoms. The van der Waals surface area contributed by atoms with Gasteiger partial charge in [-0.25, -0.2) is 0 Å². The van der Waals surface area contributed by atoms with E-state index in [1.54, 1.807) is 16.7 Å². The van der Waals surface area contributed by atoms with Gasteiger partial charge in [-0.05, 0) is 0 Å². The first-order valence-corrected chi connectivity index (χ1v) is 16.1. The van der Waals surface area contributed by atoms with Gasteiger partial charge in [-0.1, -0.05) is 0 Å². The minimum Gasteiger partial charge on any atom is -1.00 e. The topological polar surface area (TPSA) is 0 Å². The molecule has 6 rings (SSSR count). The molecule has 0 N–H and O–H groups in total. The molecule has 0 nitrogen and oxygen atoms in total. The van der Waals surface area contributed by atoms with Crippen molar-refractivity contribution in [2.75, 3.05) is 0 Å². The minimum atomic E-state index is -2.14. The van der Waals surface area contributed by atoms with E-state index in [1.807, 2.05) is 17.8 Å². The molecule has 2 aromatic carbocycles. The molecule has 0 amide bonds. The van der Waals surface area contributed by atoms with E-state index in [4.69, 9.17) is 0 Å². The molecule has 1 heterocycles. The summed E-state index contributed by atoms with van der Waals surface area (Å²) in [6.45, 7) is 0. The van der Waals surface area contributed by atoms with Crippen LogP contribution in [-0.4, -0.2) is 3.21 Å². The fourth-order valence-electron chi connectivity index (χ4n) is 5.75. The summed E-state index contributed by atoms with van der Waals surface area (Å²) in [5, 5.41) is 4.59. The van der Waals surface area contributed by atoms with Gasteiger partial charge in [0, 0.05) is 0 Å². The van der Waals surface area contributed by atoms with Crippen LogP contribution in [0.15, 0.2) is 80.8 Å². The Bertz CT molecular complexity index is 1150. The predicted molar refractivity (Wildman–Crippen MR) is 127 cm³/mol. The first-order valence-electron chi connectivity index (χ1n) is 11.2. The molecule has 1 saturated carbocycles. The molecule has 0 unspecified atom stereocenters. The molecule has 4 heteroatoms. The summed E-state index contributed by atoms with van der Waals surface area (Å²) in [6.07, 6.45) is 13.1. The second kappa shape index (κ2) is 10.5. The summed E-state index contributed by atoms with van der Waals surface area (Å²) >= 11 is -0.305. The van der Waals surface area contributed by atoms with E-state index in [1.165, 1.54) is 55.2 Å². The van der Waals surface area contributed by atoms with E-state index in [9.17, 15) is 0 Å². The van der Waals surface area contributed by atoms with Crippen molar-refractivity contribution in [2.24, 2.45) is 0 Å². The molecule has 3 aliphatic carbocycles. The SMILES string of the molecule is C1=CC(c2ccsc2)=[C]([Zr+2](=[C]2CCCCC2)[CH]2c3ccccc3-c3ccccc32)C1.[Cl-].[Cl-]. The van der Waals surface area contributed by atoms with Crippen molar-refractivity contribution < 1.29 is 46.1 Å². The molecule has 0 saturated heterocycles. The molecular formula is C28H26Cl2SZr. The van der Waals surface area contributed by atoms with Gasteiger partial charge in [-0.15, -0.1) is 0 Å². The molecule has 0 radical (unpaired) electrons. The van der Waals surface area contributed by atoms with Crippen molar-refractivity contribution in [1.29, 1.82) is 0 Å². The third kappa shape index (κ3) is 4.14. The average molecular weight is 557 g/mol. The number of rotatable bonds is 3. The number of allylic oxidation sites excluding steroid dienone is 4. The van der Waals surface area contributed by atoms with Crippen LogP contribution in [0, 0.1) is 0 Å². The quantitative estimate of drug-likeness (QED) is 0.463. The molecule has 3 aromatic rings. The monoisotopic (exact) mass is 554 g/mol. The Morgan fingerprint density at radius 2 is 1.44 bits per heavy atom. The summed E-state index contributed by atoms with van der Waals surface area (Å²) in [6, 6.07) is 20.9. The van der Waals surface area contributed by atoms with Gasteiger partial charge >= 0.3 is 192 Å². The smallest absolute Gasteiger partial charge is 1.00 e. The number of hydrogen-bond acceptors (Lipinski definition) is 1. The number of hydrogen-bond donors (Lipinski definition) is 0. The molecule has 1 fully saturated rings. The Labute approximate surface area is 215 Å². The van der Waals surface area contributed by atoms with Crippen LogP contribution < -0.4 is 24.8 Å². The molecule has 0 aliphatic heterocycles. The first-order chi connectivity index (χ1) is 14.9. The Morgan fingerprint density at radius 1 is 0.781 bits per heavy atom. The molecule has 3 aliphatic rings. The number of fused-ring (bicyclic) bond motifs is 3. The fraction of sp³-hybridized carbons (Fsp3) is 0.250. The van der Waals surface area contributed by atoms with Crippen molar-refractivity contribution in [3.8, 4) is 11.1 Å². The molecule has 162 valence electrons. The summed E-state index contributed by atoms with van der Waals surface area (Å²) in [7, 11) is 0. The maximum absolute atomic E-state index is 2.44. The van der Waals surface area contributed by atoms with Gasteiger partial charge in [0.1, 0.15) is 0 Å². The van der Waals surface area contributed by atoms with Crippen LogP contribution in [0.25, 0.3) is 16.7 Å². The fourth-order valence-corrected chi connectivity index (χ4v) is 16.4. The van der Waals surface area contributed by atoms with Gasteiger partial charge in [-0.3, -0.25) is 0 Å². The van der Waals surface area contributed by atoms with Crippen molar-refractivity contribution >= 4 is 20.1 Å². The second-order valence-electron chi connectivity index (χ2n) is 8.70. The van der Waals surface area contributed by atoms with Crippen molar-refractivity contribution in [2.45, 2.75) is 42.2 Å². The summed E-state index contributed by atoms with van der Waals surface area (Å²) in [4.78, 5) is 0. The van der Waals surface area contributed by atoms with Gasteiger partial charge in [0.15, 0.2) is 0 Å². The third-order valence-corrected chi connectivity index (χ3v) is 16.5. The van der Waals surface area contributed by atoms with E-state index in [-0.39, 0.29) is 24.8 Å². The van der Waals surface area contributed by atoms with Gasteiger partial charge < -0.3 is 24.8 Å². The van der Waals surface area contributed by atoms with Gasteiger partial charge in [0.2, 0.25) is 0 Å². The normalized spacial score (nSPS) is 16.7. The Morgan fingerprint density at radius 3 is 2.06 bits per heavy atom. The molecule has 1 aromatic heterocycles. The van der Waals surface area contributed by atoms with E-state index < -0.39 is 21.3 Å². The molecular weight excluding hydrogens is 531 g/mol. The van der Waals surface area contributed by atoms with Gasteiger partial charge in [0.25, 0.3) is 0 Å². The zero-order valence-electron chi connectivity index (χ0n) is 18.0. The van der Waals surface area contributed by atoms with E-state index in [0.717, 1.165) is 0 Å². The van der Waals surface area contributed by atoms with Crippen LogP contribution in [0.4, 0.5) is 0 Å². The maximum atomic E-state index is 2.44. The first kappa shape index (κ1) is 24.1. The van der Waals surface area contributed by atoms with E-state index in [2.05, 4.69) is 77.5 Å². The molecule has 0 spiro atoms. The van der Waals surface area contributed by atoms with E-state index in [0.29, 0.717) is 3.63 Å². The zero-order chi connectivity index (χ0) is 19.9. The third-order valence-electron chi connectivity index (χ3n) is 7.05. The Balaban J connectivity index is 0.00000122. The van der Waals surface area contributed by atoms with Crippen molar-refractivity contribution in [3.63, 3.8) is 0 Å². The van der Waals surface area contributed by atoms with Gasteiger partial charge in [0.05, 0.1) is 0 Å². The van der Waals surface area contributed by atoms with E-state index >= 15 is 0 Å². The predicted octanol–water partition coefficient (Wildman–Crippen LogP) is 1.95. The Kier molecular flexibility index (Phi) is 7.89. The van der Waals surface area contributed by atoms with Gasteiger partial charge in [-0.2, -0.15) is 0 Å². The van der Waals surface area contributed by atoms with Crippen LogP contribution in [0.3, 0.4) is 0 Å². The maximum Gasteiger partial charge on any atom is -1.00 e. The van der Waals surface area contributed by atoms with Crippen molar-refractivity contribution in [1.82, 2.24) is 0 Å². The standard InChI is InChI=1S/C13H9.C9H7S.C6H10.2ClH.Zr/c1-3-7-12-10(5-1)9-11-6-2-4-8-13(11)12;1-2-4-8(3-1)9-5-6-10-7-9;1-2-4-6-5-3-1;;;/h1-9H;1,3,5-7H,2H2;1-5H2;2*1H;/q;;;;;+2/p-2. The van der Waals surface area contributed by atoms with Crippen LogP contribution in [0.5, 0.6) is 0 Å². The number of thiophene rings is 1. The minimum absolute atomic E-state index is 0. The number of halogens is 2.